The van der Waals surface area contributed by atoms with E-state index in [-0.39, 0.29) is 0 Å². The molecule has 4 bridgehead atoms. The molecule has 1 nitrogen and oxygen atoms in total. The number of Topliss-reactive ketones (excluding diaryl/α,β-unsaturated/α-hetero) is 1. The van der Waals surface area contributed by atoms with Crippen molar-refractivity contribution < 1.29 is 4.79 Å². The summed E-state index contributed by atoms with van der Waals surface area (Å²) in [6.45, 7) is 19.8. The van der Waals surface area contributed by atoms with Gasteiger partial charge in [0.05, 0.1) is 0 Å². The number of hydrogen-bond donors (Lipinski definition) is 0. The van der Waals surface area contributed by atoms with Crippen LogP contribution in [0.5, 0.6) is 0 Å². The summed E-state index contributed by atoms with van der Waals surface area (Å²) < 4.78 is 0. The summed E-state index contributed by atoms with van der Waals surface area (Å²) in [7, 11) is 0. The van der Waals surface area contributed by atoms with Crippen molar-refractivity contribution in [2.24, 2.45) is 57.2 Å². The Morgan fingerprint density at radius 3 is 1.36 bits per heavy atom. The third-order valence-electron chi connectivity index (χ3n) is 12.2. The monoisotopic (exact) mass is 386 g/mol. The number of carbonyl (C=O) groups excluding carboxylic acids is 1. The molecule has 4 saturated carbocycles. The highest BCUT2D eigenvalue weighted by Gasteiger charge is 2.63. The molecule has 4 fully saturated rings. The molecule has 1 heteroatoms. The Bertz CT molecular complexity index is 591. The van der Waals surface area contributed by atoms with Crippen LogP contribution in [-0.2, 0) is 4.79 Å². The van der Waals surface area contributed by atoms with Crippen LogP contribution in [0.4, 0.5) is 0 Å². The summed E-state index contributed by atoms with van der Waals surface area (Å²) in [6.07, 6.45) is 9.95. The van der Waals surface area contributed by atoms with E-state index in [2.05, 4.69) is 55.4 Å². The van der Waals surface area contributed by atoms with E-state index in [0.717, 1.165) is 36.5 Å². The Labute approximate surface area is 174 Å². The topological polar surface area (TPSA) is 17.1 Å². The first kappa shape index (κ1) is 20.9. The van der Waals surface area contributed by atoms with Crippen LogP contribution in [-0.4, -0.2) is 5.78 Å². The first-order valence-electron chi connectivity index (χ1n) is 12.4. The Balaban J connectivity index is 1.37. The molecule has 4 aliphatic carbocycles. The van der Waals surface area contributed by atoms with Crippen molar-refractivity contribution in [2.45, 2.75) is 107 Å². The van der Waals surface area contributed by atoms with Crippen LogP contribution in [0.15, 0.2) is 0 Å². The Morgan fingerprint density at radius 1 is 0.750 bits per heavy atom. The lowest BCUT2D eigenvalue weighted by atomic mass is 9.62. The van der Waals surface area contributed by atoms with E-state index >= 15 is 0 Å². The summed E-state index contributed by atoms with van der Waals surface area (Å²) in [4.78, 5) is 13.1. The third kappa shape index (κ3) is 2.59. The zero-order valence-corrected chi connectivity index (χ0v) is 20.0. The fourth-order valence-electron chi connectivity index (χ4n) is 9.34. The van der Waals surface area contributed by atoms with Crippen LogP contribution in [0.25, 0.3) is 0 Å². The van der Waals surface area contributed by atoms with Gasteiger partial charge in [0.2, 0.25) is 0 Å². The predicted molar refractivity (Wildman–Crippen MR) is 118 cm³/mol. The predicted octanol–water partition coefficient (Wildman–Crippen LogP) is 7.53. The standard InChI is InChI=1S/C27H46O/c1-17(22-15-19-9-11-26(22,7)24(19,3)4)13-21(28)14-18(2)23-16-20-10-12-27(23,8)25(20,5)6/h17-20,22-23H,9-16H2,1-8H3. The van der Waals surface area contributed by atoms with Gasteiger partial charge in [-0.25, -0.2) is 0 Å². The van der Waals surface area contributed by atoms with Crippen LogP contribution in [0, 0.1) is 57.2 Å². The van der Waals surface area contributed by atoms with E-state index < -0.39 is 0 Å². The van der Waals surface area contributed by atoms with Crippen molar-refractivity contribution in [1.82, 2.24) is 0 Å². The van der Waals surface area contributed by atoms with Gasteiger partial charge in [-0.2, -0.15) is 0 Å². The van der Waals surface area contributed by atoms with E-state index in [1.54, 1.807) is 0 Å². The summed E-state index contributed by atoms with van der Waals surface area (Å²) >= 11 is 0. The molecule has 0 radical (unpaired) electrons. The van der Waals surface area contributed by atoms with Crippen LogP contribution in [0.3, 0.4) is 0 Å². The molecular weight excluding hydrogens is 340 g/mol. The minimum Gasteiger partial charge on any atom is -0.300 e. The summed E-state index contributed by atoms with van der Waals surface area (Å²) in [5.41, 5.74) is 1.83. The second kappa shape index (κ2) is 6.34. The van der Waals surface area contributed by atoms with Crippen molar-refractivity contribution in [3.8, 4) is 0 Å². The molecule has 0 aromatic heterocycles. The van der Waals surface area contributed by atoms with Gasteiger partial charge in [0.25, 0.3) is 0 Å². The molecule has 0 amide bonds. The fourth-order valence-corrected chi connectivity index (χ4v) is 9.34. The smallest absolute Gasteiger partial charge is 0.133 e. The minimum atomic E-state index is 0.449. The molecule has 0 N–H and O–H groups in total. The summed E-state index contributed by atoms with van der Waals surface area (Å²) in [5, 5.41) is 0. The maximum absolute atomic E-state index is 13.1. The quantitative estimate of drug-likeness (QED) is 0.461. The number of rotatable bonds is 6. The minimum absolute atomic E-state index is 0.449. The van der Waals surface area contributed by atoms with Crippen molar-refractivity contribution in [3.63, 3.8) is 0 Å². The summed E-state index contributed by atoms with van der Waals surface area (Å²) in [5.74, 6) is 4.93. The van der Waals surface area contributed by atoms with Gasteiger partial charge >= 0.3 is 0 Å². The van der Waals surface area contributed by atoms with Crippen LogP contribution < -0.4 is 0 Å². The highest BCUT2D eigenvalue weighted by atomic mass is 16.1. The SMILES string of the molecule is CC(CC(=O)CC(C)C1CC2CCC1(C)C2(C)C)C1CC2CCC1(C)C2(C)C. The maximum Gasteiger partial charge on any atom is 0.133 e. The molecule has 4 aliphatic rings. The van der Waals surface area contributed by atoms with Gasteiger partial charge in [-0.15, -0.1) is 0 Å². The van der Waals surface area contributed by atoms with Gasteiger partial charge in [-0.05, 0) is 95.7 Å². The van der Waals surface area contributed by atoms with Crippen molar-refractivity contribution in [2.75, 3.05) is 0 Å². The molecule has 8 unspecified atom stereocenters. The molecule has 0 aromatic rings. The zero-order chi connectivity index (χ0) is 20.7. The first-order valence-corrected chi connectivity index (χ1v) is 12.4. The number of fused-ring (bicyclic) bond motifs is 4. The van der Waals surface area contributed by atoms with Crippen LogP contribution in [0.2, 0.25) is 0 Å². The lowest BCUT2D eigenvalue weighted by Gasteiger charge is -2.43. The highest BCUT2D eigenvalue weighted by molar-refractivity contribution is 5.79. The van der Waals surface area contributed by atoms with Crippen molar-refractivity contribution in [1.29, 1.82) is 0 Å². The molecule has 0 aromatic carbocycles. The van der Waals surface area contributed by atoms with Crippen molar-refractivity contribution in [3.05, 3.63) is 0 Å². The molecule has 0 heterocycles. The van der Waals surface area contributed by atoms with E-state index in [9.17, 15) is 4.79 Å². The first-order chi connectivity index (χ1) is 12.8. The van der Waals surface area contributed by atoms with Crippen molar-refractivity contribution >= 4 is 5.78 Å². The Hall–Kier alpha value is -0.330. The lowest BCUT2D eigenvalue weighted by Crippen LogP contribution is -2.37. The molecular formula is C27H46O. The van der Waals surface area contributed by atoms with Crippen LogP contribution in [0.1, 0.15) is 107 Å². The number of hydrogen-bond acceptors (Lipinski definition) is 1. The van der Waals surface area contributed by atoms with Crippen LogP contribution >= 0.6 is 0 Å². The molecule has 4 rings (SSSR count). The maximum atomic E-state index is 13.1. The summed E-state index contributed by atoms with van der Waals surface area (Å²) in [6, 6.07) is 0. The zero-order valence-electron chi connectivity index (χ0n) is 20.0. The largest absolute Gasteiger partial charge is 0.300 e. The fraction of sp³-hybridized carbons (Fsp3) is 0.963. The van der Waals surface area contributed by atoms with Gasteiger partial charge in [-0.1, -0.05) is 55.4 Å². The van der Waals surface area contributed by atoms with Gasteiger partial charge in [0.15, 0.2) is 0 Å². The highest BCUT2D eigenvalue weighted by Crippen LogP contribution is 2.71. The molecule has 8 atom stereocenters. The molecule has 28 heavy (non-hydrogen) atoms. The lowest BCUT2D eigenvalue weighted by molar-refractivity contribution is -0.122. The third-order valence-corrected chi connectivity index (χ3v) is 12.2. The van der Waals surface area contributed by atoms with Gasteiger partial charge in [0.1, 0.15) is 5.78 Å². The second-order valence-corrected chi connectivity index (χ2v) is 13.3. The number of carbonyl (C=O) groups is 1. The van der Waals surface area contributed by atoms with E-state index in [0.29, 0.717) is 39.3 Å². The van der Waals surface area contributed by atoms with Gasteiger partial charge < -0.3 is 0 Å². The molecule has 160 valence electrons. The average molecular weight is 387 g/mol. The molecule has 0 saturated heterocycles. The molecule has 0 spiro atoms. The average Bonchev–Trinajstić information content (AvgIpc) is 3.11. The normalized spacial score (nSPS) is 47.4. The van der Waals surface area contributed by atoms with Gasteiger partial charge in [-0.3, -0.25) is 4.79 Å². The van der Waals surface area contributed by atoms with Gasteiger partial charge in [0, 0.05) is 12.8 Å². The van der Waals surface area contributed by atoms with E-state index in [1.165, 1.54) is 38.5 Å². The number of ketones is 1. The molecule has 0 aliphatic heterocycles. The van der Waals surface area contributed by atoms with E-state index in [1.807, 2.05) is 0 Å². The Kier molecular flexibility index (Phi) is 4.73. The second-order valence-electron chi connectivity index (χ2n) is 13.3. The Morgan fingerprint density at radius 2 is 1.11 bits per heavy atom. The van der Waals surface area contributed by atoms with E-state index in [4.69, 9.17) is 0 Å².